The SMILES string of the molecule is Cc1cnc(C2(N)CCC(N)CC2)nc1-c1cnc2ccc(Nc3cncc(C(F)(F)F)c3)cn12. The van der Waals surface area contributed by atoms with Gasteiger partial charge in [-0.3, -0.25) is 9.38 Å². The van der Waals surface area contributed by atoms with Crippen LogP contribution in [0.1, 0.15) is 42.6 Å². The van der Waals surface area contributed by atoms with Crippen LogP contribution in [0.25, 0.3) is 17.0 Å². The second-order valence-electron chi connectivity index (χ2n) is 9.09. The molecule has 4 aromatic rings. The third-order valence-electron chi connectivity index (χ3n) is 6.44. The highest BCUT2D eigenvalue weighted by Gasteiger charge is 2.35. The number of nitrogens with zero attached hydrogens (tertiary/aromatic N) is 5. The van der Waals surface area contributed by atoms with Crippen molar-refractivity contribution in [3.8, 4) is 11.4 Å². The molecule has 0 atom stereocenters. The van der Waals surface area contributed by atoms with Crippen molar-refractivity contribution in [2.45, 2.75) is 50.4 Å². The lowest BCUT2D eigenvalue weighted by atomic mass is 9.79. The molecule has 0 radical (unpaired) electrons. The smallest absolute Gasteiger partial charge is 0.353 e. The molecule has 4 aromatic heterocycles. The second kappa shape index (κ2) is 8.58. The lowest BCUT2D eigenvalue weighted by molar-refractivity contribution is -0.137. The third kappa shape index (κ3) is 4.56. The Morgan fingerprint density at radius 2 is 1.83 bits per heavy atom. The number of aromatic nitrogens is 5. The van der Waals surface area contributed by atoms with Gasteiger partial charge in [0, 0.05) is 24.6 Å². The van der Waals surface area contributed by atoms with Gasteiger partial charge in [0.15, 0.2) is 0 Å². The van der Waals surface area contributed by atoms with Gasteiger partial charge in [-0.15, -0.1) is 0 Å². The van der Waals surface area contributed by atoms with Gasteiger partial charge < -0.3 is 16.8 Å². The average molecular weight is 483 g/mol. The van der Waals surface area contributed by atoms with E-state index in [2.05, 4.69) is 20.3 Å². The van der Waals surface area contributed by atoms with Crippen molar-refractivity contribution < 1.29 is 13.2 Å². The first kappa shape index (κ1) is 23.2. The van der Waals surface area contributed by atoms with Crippen LogP contribution < -0.4 is 16.8 Å². The van der Waals surface area contributed by atoms with Crippen LogP contribution in [0.3, 0.4) is 0 Å². The minimum atomic E-state index is -4.47. The van der Waals surface area contributed by atoms with Crippen molar-refractivity contribution in [2.75, 3.05) is 5.32 Å². The van der Waals surface area contributed by atoms with Crippen molar-refractivity contribution in [1.29, 1.82) is 0 Å². The summed E-state index contributed by atoms with van der Waals surface area (Å²) in [6.07, 6.45) is 5.95. The first-order valence-electron chi connectivity index (χ1n) is 11.3. The summed E-state index contributed by atoms with van der Waals surface area (Å²) < 4.78 is 41.0. The molecular formula is C24H25F3N8. The maximum absolute atomic E-state index is 13.1. The van der Waals surface area contributed by atoms with Crippen LogP contribution in [0, 0.1) is 6.92 Å². The molecule has 11 heteroatoms. The number of pyridine rings is 2. The second-order valence-corrected chi connectivity index (χ2v) is 9.09. The predicted octanol–water partition coefficient (Wildman–Crippen LogP) is 4.31. The zero-order valence-electron chi connectivity index (χ0n) is 19.0. The fraction of sp³-hybridized carbons (Fsp3) is 0.333. The minimum Gasteiger partial charge on any atom is -0.353 e. The molecule has 1 aliphatic carbocycles. The van der Waals surface area contributed by atoms with E-state index in [1.54, 1.807) is 30.7 Å². The van der Waals surface area contributed by atoms with Gasteiger partial charge in [-0.25, -0.2) is 15.0 Å². The number of hydrogen-bond acceptors (Lipinski definition) is 7. The van der Waals surface area contributed by atoms with E-state index >= 15 is 0 Å². The Labute approximate surface area is 199 Å². The average Bonchev–Trinajstić information content (AvgIpc) is 3.24. The van der Waals surface area contributed by atoms with Gasteiger partial charge in [-0.1, -0.05) is 0 Å². The molecule has 1 saturated carbocycles. The fourth-order valence-electron chi connectivity index (χ4n) is 4.38. The molecule has 0 aliphatic heterocycles. The van der Waals surface area contributed by atoms with Crippen LogP contribution in [-0.2, 0) is 11.7 Å². The highest BCUT2D eigenvalue weighted by molar-refractivity contribution is 5.67. The standard InChI is InChI=1S/C24H25F3N8/c1-14-9-32-22(23(29)6-4-16(28)5-7-23)34-21(14)19-12-31-20-3-2-17(13-35(19)20)33-18-8-15(10-30-11-18)24(25,26)27/h2-3,8-13,16,33H,4-7,28-29H2,1H3. The van der Waals surface area contributed by atoms with Crippen molar-refractivity contribution in [3.63, 3.8) is 0 Å². The summed E-state index contributed by atoms with van der Waals surface area (Å²) in [5, 5.41) is 2.99. The van der Waals surface area contributed by atoms with E-state index in [1.807, 2.05) is 11.3 Å². The number of halogens is 3. The summed E-state index contributed by atoms with van der Waals surface area (Å²) in [4.78, 5) is 17.5. The van der Waals surface area contributed by atoms with Gasteiger partial charge in [-0.2, -0.15) is 13.2 Å². The molecule has 5 rings (SSSR count). The molecule has 0 saturated heterocycles. The Balaban J connectivity index is 1.50. The quantitative estimate of drug-likeness (QED) is 0.396. The topological polar surface area (TPSA) is 120 Å². The van der Waals surface area contributed by atoms with Crippen LogP contribution in [-0.4, -0.2) is 30.4 Å². The number of hydrogen-bond donors (Lipinski definition) is 3. The Morgan fingerprint density at radius 3 is 2.57 bits per heavy atom. The van der Waals surface area contributed by atoms with Crippen molar-refractivity contribution in [1.82, 2.24) is 24.3 Å². The Bertz CT molecular complexity index is 1370. The third-order valence-corrected chi connectivity index (χ3v) is 6.44. The van der Waals surface area contributed by atoms with E-state index in [9.17, 15) is 13.2 Å². The molecule has 1 fully saturated rings. The summed E-state index contributed by atoms with van der Waals surface area (Å²) in [5.41, 5.74) is 15.0. The molecule has 0 aromatic carbocycles. The van der Waals surface area contributed by atoms with E-state index < -0.39 is 17.3 Å². The monoisotopic (exact) mass is 482 g/mol. The largest absolute Gasteiger partial charge is 0.417 e. The van der Waals surface area contributed by atoms with Crippen LogP contribution in [0.4, 0.5) is 24.5 Å². The molecule has 182 valence electrons. The van der Waals surface area contributed by atoms with Gasteiger partial charge in [0.2, 0.25) is 0 Å². The van der Waals surface area contributed by atoms with Crippen molar-refractivity contribution in [3.05, 3.63) is 66.1 Å². The van der Waals surface area contributed by atoms with Crippen LogP contribution in [0.2, 0.25) is 0 Å². The number of rotatable bonds is 4. The minimum absolute atomic E-state index is 0.147. The summed E-state index contributed by atoms with van der Waals surface area (Å²) >= 11 is 0. The van der Waals surface area contributed by atoms with E-state index in [-0.39, 0.29) is 11.7 Å². The fourth-order valence-corrected chi connectivity index (χ4v) is 4.38. The van der Waals surface area contributed by atoms with E-state index in [0.29, 0.717) is 35.7 Å². The van der Waals surface area contributed by atoms with E-state index in [4.69, 9.17) is 16.5 Å². The highest BCUT2D eigenvalue weighted by Crippen LogP contribution is 2.34. The van der Waals surface area contributed by atoms with Gasteiger partial charge in [0.25, 0.3) is 0 Å². The summed E-state index contributed by atoms with van der Waals surface area (Å²) in [5.74, 6) is 0.573. The molecule has 0 bridgehead atoms. The molecule has 35 heavy (non-hydrogen) atoms. The van der Waals surface area contributed by atoms with E-state index in [1.165, 1.54) is 6.20 Å². The normalized spacial score (nSPS) is 20.8. The molecule has 0 unspecified atom stereocenters. The van der Waals surface area contributed by atoms with E-state index in [0.717, 1.165) is 36.4 Å². The number of fused-ring (bicyclic) bond motifs is 1. The lowest BCUT2D eigenvalue weighted by Gasteiger charge is -2.34. The molecular weight excluding hydrogens is 457 g/mol. The summed E-state index contributed by atoms with van der Waals surface area (Å²) in [7, 11) is 0. The molecule has 4 heterocycles. The molecule has 5 N–H and O–H groups in total. The number of aryl methyl sites for hydroxylation is 1. The highest BCUT2D eigenvalue weighted by atomic mass is 19.4. The molecule has 0 amide bonds. The number of alkyl halides is 3. The first-order chi connectivity index (χ1) is 16.6. The number of anilines is 2. The summed E-state index contributed by atoms with van der Waals surface area (Å²) in [6, 6.07) is 4.68. The van der Waals surface area contributed by atoms with Crippen LogP contribution >= 0.6 is 0 Å². The maximum atomic E-state index is 13.1. The number of nitrogens with two attached hydrogens (primary N) is 2. The van der Waals surface area contributed by atoms with Crippen molar-refractivity contribution in [2.24, 2.45) is 11.5 Å². The molecule has 1 aliphatic rings. The van der Waals surface area contributed by atoms with Gasteiger partial charge in [0.1, 0.15) is 11.5 Å². The Hall–Kier alpha value is -3.57. The van der Waals surface area contributed by atoms with Crippen molar-refractivity contribution >= 4 is 17.0 Å². The number of imidazole rings is 1. The van der Waals surface area contributed by atoms with Crippen LogP contribution in [0.5, 0.6) is 0 Å². The van der Waals surface area contributed by atoms with Gasteiger partial charge >= 0.3 is 6.18 Å². The first-order valence-corrected chi connectivity index (χ1v) is 11.3. The summed E-state index contributed by atoms with van der Waals surface area (Å²) in [6.45, 7) is 1.91. The number of nitrogens with one attached hydrogen (secondary N) is 1. The lowest BCUT2D eigenvalue weighted by Crippen LogP contribution is -2.45. The van der Waals surface area contributed by atoms with Gasteiger partial charge in [0.05, 0.1) is 46.3 Å². The Kier molecular flexibility index (Phi) is 5.68. The van der Waals surface area contributed by atoms with Crippen LogP contribution in [0.15, 0.2) is 49.2 Å². The maximum Gasteiger partial charge on any atom is 0.417 e. The zero-order valence-corrected chi connectivity index (χ0v) is 19.0. The zero-order chi connectivity index (χ0) is 24.8. The Morgan fingerprint density at radius 1 is 1.06 bits per heavy atom. The molecule has 8 nitrogen and oxygen atoms in total. The predicted molar refractivity (Wildman–Crippen MR) is 126 cm³/mol. The van der Waals surface area contributed by atoms with Gasteiger partial charge in [-0.05, 0) is 56.4 Å². The molecule has 0 spiro atoms.